The van der Waals surface area contributed by atoms with Gasteiger partial charge in [-0.15, -0.1) is 0 Å². The third-order valence-electron chi connectivity index (χ3n) is 6.10. The van der Waals surface area contributed by atoms with Crippen LogP contribution in [0, 0.1) is 23.2 Å². The van der Waals surface area contributed by atoms with Crippen LogP contribution >= 0.6 is 0 Å². The predicted molar refractivity (Wildman–Crippen MR) is 84.5 cm³/mol. The van der Waals surface area contributed by atoms with Crippen molar-refractivity contribution in [1.82, 2.24) is 9.97 Å². The van der Waals surface area contributed by atoms with Crippen molar-refractivity contribution in [3.63, 3.8) is 0 Å². The highest BCUT2D eigenvalue weighted by Gasteiger charge is 2.54. The van der Waals surface area contributed by atoms with Gasteiger partial charge in [-0.25, -0.2) is 0 Å². The molecule has 5 nitrogen and oxygen atoms in total. The van der Waals surface area contributed by atoms with Gasteiger partial charge in [-0.1, -0.05) is 0 Å². The number of carbonyl (C=O) groups excluding carboxylic acids is 1. The van der Waals surface area contributed by atoms with E-state index in [4.69, 9.17) is 9.47 Å². The van der Waals surface area contributed by atoms with E-state index >= 15 is 0 Å². The van der Waals surface area contributed by atoms with Crippen molar-refractivity contribution in [1.29, 1.82) is 0 Å². The van der Waals surface area contributed by atoms with Gasteiger partial charge in [-0.05, 0) is 56.3 Å². The fraction of sp³-hybridized carbons (Fsp3) is 0.722. The molecule has 0 N–H and O–H groups in total. The van der Waals surface area contributed by atoms with Crippen LogP contribution in [-0.4, -0.2) is 30.0 Å². The summed E-state index contributed by atoms with van der Waals surface area (Å²) < 4.78 is 10.3. The van der Waals surface area contributed by atoms with Gasteiger partial charge in [-0.3, -0.25) is 4.79 Å². The van der Waals surface area contributed by atoms with Crippen LogP contribution in [0.1, 0.15) is 44.2 Å². The molecular weight excluding hydrogens is 292 g/mol. The minimum atomic E-state index is -0.0832. The average Bonchev–Trinajstić information content (AvgIpc) is 2.53. The Morgan fingerprint density at radius 1 is 1.09 bits per heavy atom. The Labute approximate surface area is 136 Å². The molecule has 4 aliphatic rings. The molecule has 4 fully saturated rings. The highest BCUT2D eigenvalue weighted by molar-refractivity contribution is 5.87. The summed E-state index contributed by atoms with van der Waals surface area (Å²) in [5, 5.41) is 0. The quantitative estimate of drug-likeness (QED) is 0.836. The van der Waals surface area contributed by atoms with Crippen molar-refractivity contribution in [2.24, 2.45) is 23.2 Å². The zero-order valence-corrected chi connectivity index (χ0v) is 13.9. The molecule has 5 heteroatoms. The highest BCUT2D eigenvalue weighted by Crippen LogP contribution is 2.60. The van der Waals surface area contributed by atoms with Gasteiger partial charge in [0.2, 0.25) is 5.88 Å². The molecule has 23 heavy (non-hydrogen) atoms. The molecule has 0 saturated heterocycles. The number of hydrogen-bond donors (Lipinski definition) is 0. The Hall–Kier alpha value is -1.65. The molecule has 4 aliphatic carbocycles. The van der Waals surface area contributed by atoms with Gasteiger partial charge in [-0.2, -0.15) is 9.97 Å². The van der Waals surface area contributed by atoms with E-state index in [2.05, 4.69) is 9.97 Å². The van der Waals surface area contributed by atoms with Gasteiger partial charge in [0, 0.05) is 17.9 Å². The van der Waals surface area contributed by atoms with E-state index in [0.717, 1.165) is 37.0 Å². The van der Waals surface area contributed by atoms with Crippen molar-refractivity contribution in [3.05, 3.63) is 11.8 Å². The predicted octanol–water partition coefficient (Wildman–Crippen LogP) is 2.82. The van der Waals surface area contributed by atoms with Crippen molar-refractivity contribution >= 4 is 5.78 Å². The van der Waals surface area contributed by atoms with Gasteiger partial charge in [0.25, 0.3) is 0 Å². The molecule has 1 heterocycles. The van der Waals surface area contributed by atoms with Crippen LogP contribution in [0.25, 0.3) is 0 Å². The van der Waals surface area contributed by atoms with Crippen molar-refractivity contribution in [2.75, 3.05) is 14.2 Å². The van der Waals surface area contributed by atoms with E-state index < -0.39 is 0 Å². The second-order valence-corrected chi connectivity index (χ2v) is 7.69. The molecule has 5 rings (SSSR count). The molecule has 1 aromatic rings. The molecule has 4 bridgehead atoms. The monoisotopic (exact) mass is 316 g/mol. The first-order valence-corrected chi connectivity index (χ1v) is 8.59. The second-order valence-electron chi connectivity index (χ2n) is 7.69. The zero-order valence-electron chi connectivity index (χ0n) is 13.9. The highest BCUT2D eigenvalue weighted by atomic mass is 16.5. The lowest BCUT2D eigenvalue weighted by Crippen LogP contribution is -2.50. The van der Waals surface area contributed by atoms with Gasteiger partial charge >= 0.3 is 6.01 Å². The maximum Gasteiger partial charge on any atom is 0.319 e. The van der Waals surface area contributed by atoms with E-state index in [9.17, 15) is 4.79 Å². The summed E-state index contributed by atoms with van der Waals surface area (Å²) in [6, 6.07) is 2.01. The van der Waals surface area contributed by atoms with Crippen LogP contribution in [0.3, 0.4) is 0 Å². The summed E-state index contributed by atoms with van der Waals surface area (Å²) in [7, 11) is 3.09. The molecule has 0 radical (unpaired) electrons. The number of carbonyl (C=O) groups is 1. The molecule has 0 aliphatic heterocycles. The normalized spacial score (nSPS) is 34.4. The number of ketones is 1. The first-order valence-electron chi connectivity index (χ1n) is 8.59. The van der Waals surface area contributed by atoms with E-state index in [1.807, 2.05) is 0 Å². The van der Waals surface area contributed by atoms with Crippen LogP contribution in [0.15, 0.2) is 6.07 Å². The second kappa shape index (κ2) is 5.46. The number of ether oxygens (including phenoxy) is 2. The number of Topliss-reactive ketones (excluding diaryl/α,β-unsaturated/α-hetero) is 1. The largest absolute Gasteiger partial charge is 0.481 e. The first-order chi connectivity index (χ1) is 11.1. The van der Waals surface area contributed by atoms with E-state index in [1.165, 1.54) is 26.4 Å². The molecular formula is C18H24N2O3. The van der Waals surface area contributed by atoms with Crippen LogP contribution in [0.4, 0.5) is 0 Å². The fourth-order valence-electron chi connectivity index (χ4n) is 5.54. The Kier molecular flexibility index (Phi) is 3.54. The lowest BCUT2D eigenvalue weighted by atomic mass is 9.48. The number of rotatable bonds is 5. The summed E-state index contributed by atoms with van der Waals surface area (Å²) in [6.07, 6.45) is 7.69. The van der Waals surface area contributed by atoms with E-state index in [-0.39, 0.29) is 11.4 Å². The van der Waals surface area contributed by atoms with Gasteiger partial charge < -0.3 is 9.47 Å². The summed E-state index contributed by atoms with van der Waals surface area (Å²) >= 11 is 0. The minimum Gasteiger partial charge on any atom is -0.481 e. The number of aromatic nitrogens is 2. The maximum atomic E-state index is 13.1. The van der Waals surface area contributed by atoms with Crippen LogP contribution in [0.5, 0.6) is 11.9 Å². The molecule has 0 unspecified atom stereocenters. The fourth-order valence-corrected chi connectivity index (χ4v) is 5.54. The van der Waals surface area contributed by atoms with Gasteiger partial charge in [0.15, 0.2) is 0 Å². The average molecular weight is 316 g/mol. The first kappa shape index (κ1) is 14.9. The molecule has 0 aromatic carbocycles. The van der Waals surface area contributed by atoms with E-state index in [1.54, 1.807) is 13.2 Å². The Morgan fingerprint density at radius 2 is 1.70 bits per heavy atom. The molecule has 124 valence electrons. The van der Waals surface area contributed by atoms with Crippen molar-refractivity contribution < 1.29 is 14.3 Å². The van der Waals surface area contributed by atoms with E-state index in [0.29, 0.717) is 23.8 Å². The zero-order chi connectivity index (χ0) is 16.0. The van der Waals surface area contributed by atoms with Crippen LogP contribution in [0.2, 0.25) is 0 Å². The van der Waals surface area contributed by atoms with Crippen LogP contribution in [-0.2, 0) is 11.2 Å². The Balaban J connectivity index is 1.56. The third kappa shape index (κ3) is 2.60. The number of methoxy groups -OCH3 is 2. The minimum absolute atomic E-state index is 0.0832. The molecule has 0 amide bonds. The third-order valence-corrected chi connectivity index (χ3v) is 6.10. The lowest BCUT2D eigenvalue weighted by Gasteiger charge is -2.56. The van der Waals surface area contributed by atoms with Gasteiger partial charge in [0.1, 0.15) is 5.78 Å². The molecule has 4 saturated carbocycles. The molecule has 1 aromatic heterocycles. The maximum absolute atomic E-state index is 13.1. The summed E-state index contributed by atoms with van der Waals surface area (Å²) in [4.78, 5) is 21.6. The SMILES string of the molecule is COc1cc(CC(=O)C23CC4CC(CC(C4)C2)C3)nc(OC)n1. The van der Waals surface area contributed by atoms with Crippen molar-refractivity contribution in [3.8, 4) is 11.9 Å². The van der Waals surface area contributed by atoms with Crippen molar-refractivity contribution in [2.45, 2.75) is 44.9 Å². The van der Waals surface area contributed by atoms with Gasteiger partial charge in [0.05, 0.1) is 19.9 Å². The summed E-state index contributed by atoms with van der Waals surface area (Å²) in [5.74, 6) is 3.14. The number of nitrogens with zero attached hydrogens (tertiary/aromatic N) is 2. The molecule has 0 atom stereocenters. The molecule has 0 spiro atoms. The standard InChI is InChI=1S/C18H24N2O3/c1-22-16-7-14(19-17(20-16)23-2)6-15(21)18-8-11-3-12(9-18)5-13(4-11)10-18/h7,11-13H,3-6,8-10H2,1-2H3. The summed E-state index contributed by atoms with van der Waals surface area (Å²) in [6.45, 7) is 0. The lowest BCUT2D eigenvalue weighted by molar-refractivity contribution is -0.143. The number of hydrogen-bond acceptors (Lipinski definition) is 5. The smallest absolute Gasteiger partial charge is 0.319 e. The van der Waals surface area contributed by atoms with Crippen LogP contribution < -0.4 is 9.47 Å². The Morgan fingerprint density at radius 3 is 2.22 bits per heavy atom. The summed E-state index contributed by atoms with van der Waals surface area (Å²) in [5.41, 5.74) is 0.620. The Bertz CT molecular complexity index is 571. The topological polar surface area (TPSA) is 61.3 Å².